The van der Waals surface area contributed by atoms with E-state index in [1.807, 2.05) is 47.8 Å². The predicted molar refractivity (Wildman–Crippen MR) is 144 cm³/mol. The molecule has 1 atom stereocenters. The van der Waals surface area contributed by atoms with Crippen LogP contribution in [0.1, 0.15) is 48.6 Å². The topological polar surface area (TPSA) is 77.1 Å². The number of amides is 2. The normalized spacial score (nSPS) is 16.0. The first-order valence-corrected chi connectivity index (χ1v) is 13.7. The minimum absolute atomic E-state index is 0.101. The smallest absolute Gasteiger partial charge is 0.248 e. The van der Waals surface area contributed by atoms with Crippen molar-refractivity contribution in [1.29, 1.82) is 0 Å². The number of methoxy groups -OCH3 is 1. The van der Waals surface area contributed by atoms with E-state index in [1.165, 1.54) is 17.8 Å². The molecular formula is C29H32N2O5S. The highest BCUT2D eigenvalue weighted by atomic mass is 32.1. The lowest BCUT2D eigenvalue weighted by atomic mass is 9.94. The van der Waals surface area contributed by atoms with Crippen molar-refractivity contribution in [3.8, 4) is 17.2 Å². The predicted octanol–water partition coefficient (Wildman–Crippen LogP) is 5.29. The van der Waals surface area contributed by atoms with Gasteiger partial charge in [0.25, 0.3) is 0 Å². The Morgan fingerprint density at radius 1 is 1.03 bits per heavy atom. The maximum Gasteiger partial charge on any atom is 0.248 e. The molecule has 0 unspecified atom stereocenters. The molecule has 1 fully saturated rings. The van der Waals surface area contributed by atoms with Crippen LogP contribution in [0, 0.1) is 0 Å². The molecule has 1 N–H and O–H groups in total. The zero-order valence-corrected chi connectivity index (χ0v) is 21.8. The van der Waals surface area contributed by atoms with Gasteiger partial charge in [-0.15, -0.1) is 11.3 Å². The molecule has 0 saturated heterocycles. The molecule has 1 aliphatic heterocycles. The van der Waals surface area contributed by atoms with E-state index in [9.17, 15) is 9.59 Å². The van der Waals surface area contributed by atoms with Crippen molar-refractivity contribution in [2.45, 2.75) is 50.6 Å². The number of ether oxygens (including phenoxy) is 3. The average Bonchev–Trinajstić information content (AvgIpc) is 3.45. The molecule has 2 aromatic carbocycles. The van der Waals surface area contributed by atoms with Crippen LogP contribution in [0.15, 0.2) is 60.0 Å². The summed E-state index contributed by atoms with van der Waals surface area (Å²) in [5.74, 6) is 1.45. The Kier molecular flexibility index (Phi) is 7.94. The molecule has 1 aliphatic carbocycles. The Hall–Kier alpha value is -3.52. The summed E-state index contributed by atoms with van der Waals surface area (Å²) in [6.45, 7) is 0.907. The first kappa shape index (κ1) is 25.1. The molecule has 37 heavy (non-hydrogen) atoms. The van der Waals surface area contributed by atoms with Gasteiger partial charge in [0.15, 0.2) is 11.5 Å². The Balaban J connectivity index is 1.57. The van der Waals surface area contributed by atoms with Crippen molar-refractivity contribution < 1.29 is 23.8 Å². The number of carbonyl (C=O) groups is 2. The van der Waals surface area contributed by atoms with Gasteiger partial charge in [-0.05, 0) is 54.1 Å². The minimum atomic E-state index is -0.882. The Morgan fingerprint density at radius 3 is 2.59 bits per heavy atom. The van der Waals surface area contributed by atoms with Crippen LogP contribution in [-0.4, -0.2) is 38.2 Å². The second-order valence-corrected chi connectivity index (χ2v) is 10.4. The van der Waals surface area contributed by atoms with Crippen LogP contribution in [-0.2, 0) is 16.0 Å². The summed E-state index contributed by atoms with van der Waals surface area (Å²) in [5.41, 5.74) is 1.26. The van der Waals surface area contributed by atoms with Crippen LogP contribution in [0.3, 0.4) is 0 Å². The van der Waals surface area contributed by atoms with Crippen molar-refractivity contribution in [3.63, 3.8) is 0 Å². The largest absolute Gasteiger partial charge is 0.497 e. The Bertz CT molecular complexity index is 1220. The summed E-state index contributed by atoms with van der Waals surface area (Å²) in [4.78, 5) is 30.6. The van der Waals surface area contributed by atoms with E-state index in [1.54, 1.807) is 24.1 Å². The molecule has 2 heterocycles. The molecular weight excluding hydrogens is 488 g/mol. The van der Waals surface area contributed by atoms with E-state index in [0.29, 0.717) is 41.7 Å². The van der Waals surface area contributed by atoms with E-state index >= 15 is 0 Å². The summed E-state index contributed by atoms with van der Waals surface area (Å²) in [7, 11) is 1.59. The van der Waals surface area contributed by atoms with Crippen LogP contribution >= 0.6 is 11.3 Å². The SMILES string of the molecule is COc1cccc([C@H](C(=O)NC2CCCCC2)N(C(=O)Cc2cccs2)c2ccc3c(c2)OCCO3)c1. The number of hydrogen-bond donors (Lipinski definition) is 1. The first-order chi connectivity index (χ1) is 18.1. The van der Waals surface area contributed by atoms with E-state index in [2.05, 4.69) is 5.32 Å². The lowest BCUT2D eigenvalue weighted by Crippen LogP contribution is -2.47. The summed E-state index contributed by atoms with van der Waals surface area (Å²) in [5, 5.41) is 5.20. The monoisotopic (exact) mass is 520 g/mol. The van der Waals surface area contributed by atoms with Crippen LogP contribution in [0.2, 0.25) is 0 Å². The molecule has 3 aromatic rings. The van der Waals surface area contributed by atoms with Gasteiger partial charge in [-0.3, -0.25) is 14.5 Å². The van der Waals surface area contributed by atoms with Crippen LogP contribution in [0.5, 0.6) is 17.2 Å². The number of fused-ring (bicyclic) bond motifs is 1. The fraction of sp³-hybridized carbons (Fsp3) is 0.379. The lowest BCUT2D eigenvalue weighted by molar-refractivity contribution is -0.127. The lowest BCUT2D eigenvalue weighted by Gasteiger charge is -2.34. The van der Waals surface area contributed by atoms with Crippen molar-refractivity contribution in [2.75, 3.05) is 25.2 Å². The summed E-state index contributed by atoms with van der Waals surface area (Å²) < 4.78 is 17.0. The third kappa shape index (κ3) is 5.91. The fourth-order valence-corrected chi connectivity index (χ4v) is 5.72. The third-order valence-corrected chi connectivity index (χ3v) is 7.72. The number of anilines is 1. The molecule has 2 amide bonds. The number of thiophene rings is 1. The Morgan fingerprint density at radius 2 is 1.84 bits per heavy atom. The standard InChI is InChI=1S/C29H32N2O5S/c1-34-23-10-5-7-20(17-23)28(29(33)30-21-8-3-2-4-9-21)31(27(32)19-24-11-6-16-37-24)22-12-13-25-26(18-22)36-15-14-35-25/h5-7,10-13,16-18,21,28H,2-4,8-9,14-15,19H2,1H3,(H,30,33)/t28-/m1/s1. The number of rotatable bonds is 8. The van der Waals surface area contributed by atoms with Gasteiger partial charge in [0, 0.05) is 22.7 Å². The number of nitrogens with one attached hydrogen (secondary N) is 1. The van der Waals surface area contributed by atoms with Gasteiger partial charge in [-0.1, -0.05) is 37.5 Å². The number of hydrogen-bond acceptors (Lipinski definition) is 6. The van der Waals surface area contributed by atoms with Gasteiger partial charge in [0.05, 0.1) is 13.5 Å². The zero-order valence-electron chi connectivity index (χ0n) is 21.0. The van der Waals surface area contributed by atoms with E-state index in [0.717, 1.165) is 30.6 Å². The van der Waals surface area contributed by atoms with Crippen LogP contribution < -0.4 is 24.4 Å². The molecule has 0 bridgehead atoms. The molecule has 5 rings (SSSR count). The van der Waals surface area contributed by atoms with E-state index in [-0.39, 0.29) is 24.3 Å². The number of carbonyl (C=O) groups excluding carboxylic acids is 2. The maximum absolute atomic E-state index is 14.0. The quantitative estimate of drug-likeness (QED) is 0.437. The molecule has 1 aromatic heterocycles. The van der Waals surface area contributed by atoms with Gasteiger partial charge in [0.1, 0.15) is 25.0 Å². The van der Waals surface area contributed by atoms with Crippen molar-refractivity contribution in [2.24, 2.45) is 0 Å². The molecule has 0 spiro atoms. The highest BCUT2D eigenvalue weighted by Crippen LogP contribution is 2.38. The summed E-state index contributed by atoms with van der Waals surface area (Å²) >= 11 is 1.52. The van der Waals surface area contributed by atoms with Crippen molar-refractivity contribution in [3.05, 3.63) is 70.4 Å². The fourth-order valence-electron chi connectivity index (χ4n) is 5.02. The van der Waals surface area contributed by atoms with Gasteiger partial charge >= 0.3 is 0 Å². The molecule has 1 saturated carbocycles. The minimum Gasteiger partial charge on any atom is -0.497 e. The van der Waals surface area contributed by atoms with Crippen molar-refractivity contribution in [1.82, 2.24) is 5.32 Å². The van der Waals surface area contributed by atoms with Crippen LogP contribution in [0.4, 0.5) is 5.69 Å². The molecule has 8 heteroatoms. The summed E-state index contributed by atoms with van der Waals surface area (Å²) in [6, 6.07) is 15.9. The van der Waals surface area contributed by atoms with Gasteiger partial charge in [0.2, 0.25) is 11.8 Å². The highest BCUT2D eigenvalue weighted by molar-refractivity contribution is 7.10. The van der Waals surface area contributed by atoms with Gasteiger partial charge < -0.3 is 19.5 Å². The van der Waals surface area contributed by atoms with Crippen molar-refractivity contribution >= 4 is 28.8 Å². The first-order valence-electron chi connectivity index (χ1n) is 12.8. The third-order valence-electron chi connectivity index (χ3n) is 6.85. The van der Waals surface area contributed by atoms with E-state index < -0.39 is 6.04 Å². The van der Waals surface area contributed by atoms with E-state index in [4.69, 9.17) is 14.2 Å². The molecule has 2 aliphatic rings. The zero-order chi connectivity index (χ0) is 25.6. The summed E-state index contributed by atoms with van der Waals surface area (Å²) in [6.07, 6.45) is 5.46. The molecule has 194 valence electrons. The molecule has 7 nitrogen and oxygen atoms in total. The van der Waals surface area contributed by atoms with Gasteiger partial charge in [-0.25, -0.2) is 0 Å². The average molecular weight is 521 g/mol. The molecule has 0 radical (unpaired) electrons. The van der Waals surface area contributed by atoms with Gasteiger partial charge in [-0.2, -0.15) is 0 Å². The number of benzene rings is 2. The highest BCUT2D eigenvalue weighted by Gasteiger charge is 2.35. The second-order valence-electron chi connectivity index (χ2n) is 9.37. The maximum atomic E-state index is 14.0. The number of nitrogens with zero attached hydrogens (tertiary/aromatic N) is 1. The van der Waals surface area contributed by atoms with Crippen LogP contribution in [0.25, 0.3) is 0 Å². The second kappa shape index (κ2) is 11.7. The Labute approximate surface area is 221 Å².